The number of benzene rings is 1. The number of aromatic carboxylic acids is 1. The molecule has 0 spiro atoms. The summed E-state index contributed by atoms with van der Waals surface area (Å²) >= 11 is 0. The number of carbonyl (C=O) groups is 1. The summed E-state index contributed by atoms with van der Waals surface area (Å²) in [6.07, 6.45) is 1.87. The van der Waals surface area contributed by atoms with Gasteiger partial charge in [0, 0.05) is 5.92 Å². The van der Waals surface area contributed by atoms with Crippen LogP contribution in [0.4, 0.5) is 4.39 Å². The molecule has 1 N–H and O–H groups in total. The standard InChI is InChI=1S/C13H12FN3O2/c1-7-2-5-10(9(14)6-7)17-12(8-3-4-8)15-11(16-17)13(18)19/h2,5-6,8H,3-4H2,1H3,(H,18,19). The van der Waals surface area contributed by atoms with E-state index in [9.17, 15) is 9.18 Å². The van der Waals surface area contributed by atoms with Crippen molar-refractivity contribution in [2.24, 2.45) is 0 Å². The molecule has 19 heavy (non-hydrogen) atoms. The third kappa shape index (κ3) is 2.09. The maximum absolute atomic E-state index is 14.0. The van der Waals surface area contributed by atoms with Crippen molar-refractivity contribution in [3.05, 3.63) is 41.2 Å². The molecule has 0 radical (unpaired) electrons. The quantitative estimate of drug-likeness (QED) is 0.920. The fourth-order valence-electron chi connectivity index (χ4n) is 1.98. The van der Waals surface area contributed by atoms with Crippen LogP contribution in [0, 0.1) is 12.7 Å². The van der Waals surface area contributed by atoms with Crippen LogP contribution in [0.2, 0.25) is 0 Å². The van der Waals surface area contributed by atoms with Crippen molar-refractivity contribution in [1.82, 2.24) is 14.8 Å². The van der Waals surface area contributed by atoms with E-state index in [0.29, 0.717) is 5.82 Å². The molecule has 1 aromatic carbocycles. The number of hydrogen-bond acceptors (Lipinski definition) is 3. The number of aryl methyl sites for hydroxylation is 1. The summed E-state index contributed by atoms with van der Waals surface area (Å²) in [6, 6.07) is 4.75. The summed E-state index contributed by atoms with van der Waals surface area (Å²) < 4.78 is 15.3. The molecule has 0 unspecified atom stereocenters. The number of nitrogens with zero attached hydrogens (tertiary/aromatic N) is 3. The maximum Gasteiger partial charge on any atom is 0.375 e. The highest BCUT2D eigenvalue weighted by molar-refractivity contribution is 5.83. The fourth-order valence-corrected chi connectivity index (χ4v) is 1.98. The average molecular weight is 261 g/mol. The van der Waals surface area contributed by atoms with Crippen molar-refractivity contribution < 1.29 is 14.3 Å². The van der Waals surface area contributed by atoms with Gasteiger partial charge in [0.05, 0.1) is 0 Å². The van der Waals surface area contributed by atoms with Crippen LogP contribution in [0.3, 0.4) is 0 Å². The van der Waals surface area contributed by atoms with Gasteiger partial charge in [-0.05, 0) is 37.5 Å². The van der Waals surface area contributed by atoms with Crippen LogP contribution in [-0.4, -0.2) is 25.8 Å². The van der Waals surface area contributed by atoms with Gasteiger partial charge in [-0.1, -0.05) is 6.07 Å². The molecule has 0 saturated heterocycles. The van der Waals surface area contributed by atoms with E-state index in [1.807, 2.05) is 0 Å². The first-order valence-corrected chi connectivity index (χ1v) is 6.03. The Morgan fingerprint density at radius 3 is 2.79 bits per heavy atom. The smallest absolute Gasteiger partial charge is 0.375 e. The van der Waals surface area contributed by atoms with E-state index in [4.69, 9.17) is 5.11 Å². The first-order chi connectivity index (χ1) is 9.06. The highest BCUT2D eigenvalue weighted by atomic mass is 19.1. The lowest BCUT2D eigenvalue weighted by atomic mass is 10.2. The van der Waals surface area contributed by atoms with Crippen LogP contribution in [0.15, 0.2) is 18.2 Å². The number of halogens is 1. The minimum Gasteiger partial charge on any atom is -0.475 e. The van der Waals surface area contributed by atoms with Crippen LogP contribution in [0.25, 0.3) is 5.69 Å². The molecule has 1 aliphatic rings. The van der Waals surface area contributed by atoms with Crippen molar-refractivity contribution in [3.8, 4) is 5.69 Å². The molecule has 2 aromatic rings. The molecule has 0 aliphatic heterocycles. The normalized spacial score (nSPS) is 14.6. The lowest BCUT2D eigenvalue weighted by Crippen LogP contribution is -2.05. The van der Waals surface area contributed by atoms with Gasteiger partial charge in [0.1, 0.15) is 17.3 Å². The number of aromatic nitrogens is 3. The van der Waals surface area contributed by atoms with Gasteiger partial charge < -0.3 is 5.11 Å². The van der Waals surface area contributed by atoms with Crippen LogP contribution in [0.5, 0.6) is 0 Å². The first-order valence-electron chi connectivity index (χ1n) is 6.03. The van der Waals surface area contributed by atoms with Crippen LogP contribution in [-0.2, 0) is 0 Å². The molecule has 1 fully saturated rings. The molecule has 0 amide bonds. The minimum atomic E-state index is -1.20. The van der Waals surface area contributed by atoms with E-state index in [0.717, 1.165) is 18.4 Å². The highest BCUT2D eigenvalue weighted by Gasteiger charge is 2.32. The summed E-state index contributed by atoms with van der Waals surface area (Å²) in [4.78, 5) is 14.9. The van der Waals surface area contributed by atoms with Gasteiger partial charge in [-0.2, -0.15) is 0 Å². The highest BCUT2D eigenvalue weighted by Crippen LogP contribution is 2.40. The van der Waals surface area contributed by atoms with Gasteiger partial charge in [-0.25, -0.2) is 18.9 Å². The SMILES string of the molecule is Cc1ccc(-n2nc(C(=O)O)nc2C2CC2)c(F)c1. The van der Waals surface area contributed by atoms with E-state index in [2.05, 4.69) is 10.1 Å². The van der Waals surface area contributed by atoms with E-state index < -0.39 is 11.8 Å². The van der Waals surface area contributed by atoms with Gasteiger partial charge in [0.2, 0.25) is 0 Å². The van der Waals surface area contributed by atoms with Gasteiger partial charge in [0.15, 0.2) is 0 Å². The van der Waals surface area contributed by atoms with Gasteiger partial charge in [0.25, 0.3) is 5.82 Å². The third-order valence-corrected chi connectivity index (χ3v) is 3.10. The van der Waals surface area contributed by atoms with Crippen LogP contribution < -0.4 is 0 Å². The van der Waals surface area contributed by atoms with Gasteiger partial charge in [-0.3, -0.25) is 0 Å². The summed E-state index contributed by atoms with van der Waals surface area (Å²) in [5, 5.41) is 12.9. The zero-order valence-electron chi connectivity index (χ0n) is 10.3. The van der Waals surface area contributed by atoms with Crippen molar-refractivity contribution in [3.63, 3.8) is 0 Å². The summed E-state index contributed by atoms with van der Waals surface area (Å²) in [5.74, 6) is -1.21. The molecule has 1 heterocycles. The number of carboxylic acids is 1. The molecule has 1 aliphatic carbocycles. The zero-order chi connectivity index (χ0) is 13.6. The van der Waals surface area contributed by atoms with Gasteiger partial charge in [-0.15, -0.1) is 5.10 Å². The Morgan fingerprint density at radius 2 is 2.21 bits per heavy atom. The Bertz CT molecular complexity index is 662. The summed E-state index contributed by atoms with van der Waals surface area (Å²) in [6.45, 7) is 1.79. The Labute approximate surface area is 108 Å². The molecular formula is C13H12FN3O2. The fraction of sp³-hybridized carbons (Fsp3) is 0.308. The lowest BCUT2D eigenvalue weighted by molar-refractivity contribution is 0.0683. The van der Waals surface area contributed by atoms with Crippen LogP contribution >= 0.6 is 0 Å². The van der Waals surface area contributed by atoms with E-state index in [-0.39, 0.29) is 17.4 Å². The second-order valence-electron chi connectivity index (χ2n) is 4.74. The second kappa shape index (κ2) is 4.15. The number of carboxylic acid groups (broad SMARTS) is 1. The molecule has 5 nitrogen and oxygen atoms in total. The largest absolute Gasteiger partial charge is 0.475 e. The predicted molar refractivity (Wildman–Crippen MR) is 65.0 cm³/mol. The van der Waals surface area contributed by atoms with Crippen molar-refractivity contribution in [2.45, 2.75) is 25.7 Å². The first kappa shape index (κ1) is 11.8. The molecule has 1 saturated carbocycles. The Hall–Kier alpha value is -2.24. The summed E-state index contributed by atoms with van der Waals surface area (Å²) in [5.41, 5.74) is 1.04. The van der Waals surface area contributed by atoms with Crippen LogP contribution in [0.1, 0.15) is 40.8 Å². The second-order valence-corrected chi connectivity index (χ2v) is 4.74. The van der Waals surface area contributed by atoms with E-state index >= 15 is 0 Å². The topological polar surface area (TPSA) is 68.0 Å². The van der Waals surface area contributed by atoms with E-state index in [1.54, 1.807) is 19.1 Å². The molecule has 6 heteroatoms. The third-order valence-electron chi connectivity index (χ3n) is 3.10. The number of rotatable bonds is 3. The Morgan fingerprint density at radius 1 is 1.47 bits per heavy atom. The van der Waals surface area contributed by atoms with Crippen molar-refractivity contribution in [1.29, 1.82) is 0 Å². The average Bonchev–Trinajstić information content (AvgIpc) is 3.09. The lowest BCUT2D eigenvalue weighted by Gasteiger charge is -2.06. The molecule has 98 valence electrons. The Balaban J connectivity index is 2.15. The molecule has 1 aromatic heterocycles. The molecule has 0 bridgehead atoms. The molecule has 0 atom stereocenters. The number of hydrogen-bond donors (Lipinski definition) is 1. The predicted octanol–water partition coefficient (Wildman–Crippen LogP) is 2.29. The Kier molecular flexibility index (Phi) is 2.58. The zero-order valence-corrected chi connectivity index (χ0v) is 10.3. The summed E-state index contributed by atoms with van der Waals surface area (Å²) in [7, 11) is 0. The molecular weight excluding hydrogens is 249 g/mol. The monoisotopic (exact) mass is 261 g/mol. The van der Waals surface area contributed by atoms with Crippen molar-refractivity contribution >= 4 is 5.97 Å². The van der Waals surface area contributed by atoms with E-state index in [1.165, 1.54) is 10.7 Å². The van der Waals surface area contributed by atoms with Gasteiger partial charge >= 0.3 is 5.97 Å². The maximum atomic E-state index is 14.0. The van der Waals surface area contributed by atoms with Crippen molar-refractivity contribution in [2.75, 3.05) is 0 Å². The minimum absolute atomic E-state index is 0.182. The molecule has 3 rings (SSSR count).